The highest BCUT2D eigenvalue weighted by Crippen LogP contribution is 2.21. The van der Waals surface area contributed by atoms with Crippen LogP contribution in [-0.2, 0) is 11.3 Å². The number of benzene rings is 2. The van der Waals surface area contributed by atoms with Crippen LogP contribution >= 0.6 is 15.9 Å². The van der Waals surface area contributed by atoms with Crippen molar-refractivity contribution < 1.29 is 9.47 Å². The molecule has 0 bridgehead atoms. The lowest BCUT2D eigenvalue weighted by Gasteiger charge is -2.30. The number of halogens is 1. The van der Waals surface area contributed by atoms with Crippen molar-refractivity contribution in [1.82, 2.24) is 5.32 Å². The Morgan fingerprint density at radius 2 is 1.79 bits per heavy atom. The van der Waals surface area contributed by atoms with Gasteiger partial charge in [-0.1, -0.05) is 34.1 Å². The molecule has 1 heterocycles. The summed E-state index contributed by atoms with van der Waals surface area (Å²) in [7, 11) is 0. The number of para-hydroxylation sites is 1. The van der Waals surface area contributed by atoms with Gasteiger partial charge < -0.3 is 19.7 Å². The van der Waals surface area contributed by atoms with Crippen LogP contribution < -0.4 is 15.0 Å². The van der Waals surface area contributed by atoms with Crippen LogP contribution in [0.2, 0.25) is 0 Å². The summed E-state index contributed by atoms with van der Waals surface area (Å²) < 4.78 is 12.2. The van der Waals surface area contributed by atoms with E-state index in [1.165, 1.54) is 11.3 Å². The Hall–Kier alpha value is -1.56. The highest BCUT2D eigenvalue weighted by atomic mass is 79.9. The minimum absolute atomic E-state index is 0.654. The van der Waals surface area contributed by atoms with Gasteiger partial charge in [-0.15, -0.1) is 0 Å². The third kappa shape index (κ3) is 4.97. The summed E-state index contributed by atoms with van der Waals surface area (Å²) in [6.07, 6.45) is 0. The second-order valence-corrected chi connectivity index (χ2v) is 6.62. The third-order valence-corrected chi connectivity index (χ3v) is 4.55. The SMILES string of the molecule is Brc1ccc(OCCNCc2ccccc2N2CCOCC2)cc1. The molecule has 0 unspecified atom stereocenters. The average Bonchev–Trinajstić information content (AvgIpc) is 2.64. The number of morpholine rings is 1. The van der Waals surface area contributed by atoms with Gasteiger partial charge in [0, 0.05) is 36.3 Å². The number of nitrogens with zero attached hydrogens (tertiary/aromatic N) is 1. The van der Waals surface area contributed by atoms with E-state index in [2.05, 4.69) is 50.4 Å². The number of hydrogen-bond acceptors (Lipinski definition) is 4. The van der Waals surface area contributed by atoms with Crippen LogP contribution in [0.4, 0.5) is 5.69 Å². The van der Waals surface area contributed by atoms with Crippen molar-refractivity contribution in [2.24, 2.45) is 0 Å². The van der Waals surface area contributed by atoms with E-state index in [-0.39, 0.29) is 0 Å². The van der Waals surface area contributed by atoms with Crippen molar-refractivity contribution in [3.63, 3.8) is 0 Å². The van der Waals surface area contributed by atoms with Crippen LogP contribution in [0.3, 0.4) is 0 Å². The van der Waals surface area contributed by atoms with Gasteiger partial charge in [0.2, 0.25) is 0 Å². The van der Waals surface area contributed by atoms with Crippen LogP contribution in [0.15, 0.2) is 53.0 Å². The molecule has 2 aromatic carbocycles. The lowest BCUT2D eigenvalue weighted by molar-refractivity contribution is 0.122. The first kappa shape index (κ1) is 17.3. The molecule has 0 spiro atoms. The molecule has 0 atom stereocenters. The molecule has 0 radical (unpaired) electrons. The highest BCUT2D eigenvalue weighted by Gasteiger charge is 2.13. The van der Waals surface area contributed by atoms with Gasteiger partial charge in [-0.2, -0.15) is 0 Å². The molecule has 1 aliphatic rings. The van der Waals surface area contributed by atoms with Crippen molar-refractivity contribution in [2.75, 3.05) is 44.4 Å². The summed E-state index contributed by atoms with van der Waals surface area (Å²) in [5.41, 5.74) is 2.63. The topological polar surface area (TPSA) is 33.7 Å². The molecular formula is C19H23BrN2O2. The fraction of sp³-hybridized carbons (Fsp3) is 0.368. The smallest absolute Gasteiger partial charge is 0.119 e. The van der Waals surface area contributed by atoms with Crippen molar-refractivity contribution >= 4 is 21.6 Å². The highest BCUT2D eigenvalue weighted by molar-refractivity contribution is 9.10. The van der Waals surface area contributed by atoms with Gasteiger partial charge in [0.05, 0.1) is 13.2 Å². The van der Waals surface area contributed by atoms with Gasteiger partial charge >= 0.3 is 0 Å². The Morgan fingerprint density at radius 1 is 1.04 bits per heavy atom. The molecule has 128 valence electrons. The largest absolute Gasteiger partial charge is 0.492 e. The zero-order chi connectivity index (χ0) is 16.6. The van der Waals surface area contributed by atoms with Crippen LogP contribution in [0, 0.1) is 0 Å². The Kier molecular flexibility index (Phi) is 6.52. The zero-order valence-electron chi connectivity index (χ0n) is 13.7. The quantitative estimate of drug-likeness (QED) is 0.734. The van der Waals surface area contributed by atoms with Crippen LogP contribution in [0.25, 0.3) is 0 Å². The van der Waals surface area contributed by atoms with E-state index in [1.807, 2.05) is 24.3 Å². The van der Waals surface area contributed by atoms with E-state index < -0.39 is 0 Å². The van der Waals surface area contributed by atoms with Crippen LogP contribution in [-0.4, -0.2) is 39.5 Å². The predicted molar refractivity (Wildman–Crippen MR) is 101 cm³/mol. The average molecular weight is 391 g/mol. The maximum absolute atomic E-state index is 5.74. The maximum atomic E-state index is 5.74. The number of rotatable bonds is 7. The molecule has 2 aromatic rings. The number of ether oxygens (including phenoxy) is 2. The monoisotopic (exact) mass is 390 g/mol. The summed E-state index contributed by atoms with van der Waals surface area (Å²) in [4.78, 5) is 2.40. The lowest BCUT2D eigenvalue weighted by atomic mass is 10.1. The minimum atomic E-state index is 0.654. The van der Waals surface area contributed by atoms with Crippen molar-refractivity contribution in [3.8, 4) is 5.75 Å². The van der Waals surface area contributed by atoms with Gasteiger partial charge in [-0.05, 0) is 35.9 Å². The van der Waals surface area contributed by atoms with Gasteiger partial charge in [-0.3, -0.25) is 0 Å². The molecule has 3 rings (SSSR count). The lowest BCUT2D eigenvalue weighted by Crippen LogP contribution is -2.37. The summed E-state index contributed by atoms with van der Waals surface area (Å²) in [6.45, 7) is 5.85. The molecule has 4 nitrogen and oxygen atoms in total. The van der Waals surface area contributed by atoms with Crippen molar-refractivity contribution in [3.05, 3.63) is 58.6 Å². The van der Waals surface area contributed by atoms with Crippen LogP contribution in [0.5, 0.6) is 5.75 Å². The van der Waals surface area contributed by atoms with Gasteiger partial charge in [0.15, 0.2) is 0 Å². The second kappa shape index (κ2) is 9.06. The van der Waals surface area contributed by atoms with E-state index >= 15 is 0 Å². The molecule has 0 saturated carbocycles. The molecule has 0 amide bonds. The van der Waals surface area contributed by atoms with E-state index in [1.54, 1.807) is 0 Å². The van der Waals surface area contributed by atoms with E-state index in [0.29, 0.717) is 6.61 Å². The van der Waals surface area contributed by atoms with E-state index in [9.17, 15) is 0 Å². The molecule has 5 heteroatoms. The van der Waals surface area contributed by atoms with Crippen molar-refractivity contribution in [2.45, 2.75) is 6.54 Å². The fourth-order valence-electron chi connectivity index (χ4n) is 2.77. The Morgan fingerprint density at radius 3 is 2.58 bits per heavy atom. The second-order valence-electron chi connectivity index (χ2n) is 5.71. The molecule has 24 heavy (non-hydrogen) atoms. The zero-order valence-corrected chi connectivity index (χ0v) is 15.3. The molecule has 0 aromatic heterocycles. The standard InChI is InChI=1S/C19H23BrN2O2/c20-17-5-7-18(8-6-17)24-12-9-21-15-16-3-1-2-4-19(16)22-10-13-23-14-11-22/h1-8,21H,9-15H2. The van der Waals surface area contributed by atoms with Crippen LogP contribution in [0.1, 0.15) is 5.56 Å². The summed E-state index contributed by atoms with van der Waals surface area (Å²) >= 11 is 3.42. The number of hydrogen-bond donors (Lipinski definition) is 1. The fourth-order valence-corrected chi connectivity index (χ4v) is 3.03. The molecule has 1 saturated heterocycles. The normalized spacial score (nSPS) is 14.6. The molecule has 1 fully saturated rings. The van der Waals surface area contributed by atoms with Crippen molar-refractivity contribution in [1.29, 1.82) is 0 Å². The summed E-state index contributed by atoms with van der Waals surface area (Å²) in [5.74, 6) is 0.897. The van der Waals surface area contributed by atoms with E-state index in [0.717, 1.165) is 49.6 Å². The molecular weight excluding hydrogens is 368 g/mol. The molecule has 0 aliphatic carbocycles. The number of nitrogens with one attached hydrogen (secondary N) is 1. The summed E-state index contributed by atoms with van der Waals surface area (Å²) in [6, 6.07) is 16.5. The molecule has 1 N–H and O–H groups in total. The Balaban J connectivity index is 1.45. The van der Waals surface area contributed by atoms with E-state index in [4.69, 9.17) is 9.47 Å². The Bertz CT molecular complexity index is 628. The third-order valence-electron chi connectivity index (χ3n) is 4.02. The first-order valence-corrected chi connectivity index (χ1v) is 9.12. The first-order chi connectivity index (χ1) is 11.8. The summed E-state index contributed by atoms with van der Waals surface area (Å²) in [5, 5.41) is 3.47. The minimum Gasteiger partial charge on any atom is -0.492 e. The molecule has 1 aliphatic heterocycles. The number of anilines is 1. The van der Waals surface area contributed by atoms with Gasteiger partial charge in [0.25, 0.3) is 0 Å². The predicted octanol–water partition coefficient (Wildman–Crippen LogP) is 3.45. The van der Waals surface area contributed by atoms with Gasteiger partial charge in [0.1, 0.15) is 12.4 Å². The Labute approximate surface area is 151 Å². The van der Waals surface area contributed by atoms with Gasteiger partial charge in [-0.25, -0.2) is 0 Å². The first-order valence-electron chi connectivity index (χ1n) is 8.32. The maximum Gasteiger partial charge on any atom is 0.119 e.